The first-order valence-electron chi connectivity index (χ1n) is 0. The maximum absolute atomic E-state index is 0. The van der Waals surface area contributed by atoms with Crippen LogP contribution in [0.5, 0.6) is 0 Å². The SMILES string of the molecule is O.[Na+].[Na+].[Na+].[Na+]. The van der Waals surface area contributed by atoms with Crippen molar-refractivity contribution in [3.8, 4) is 0 Å². The van der Waals surface area contributed by atoms with Crippen LogP contribution in [0.3, 0.4) is 0 Å². The van der Waals surface area contributed by atoms with E-state index in [9.17, 15) is 0 Å². The van der Waals surface area contributed by atoms with Crippen LogP contribution in [0.25, 0.3) is 0 Å². The Morgan fingerprint density at radius 3 is 0.400 bits per heavy atom. The van der Waals surface area contributed by atoms with Gasteiger partial charge in [-0.3, -0.25) is 0 Å². The quantitative estimate of drug-likeness (QED) is 0.277. The van der Waals surface area contributed by atoms with Gasteiger partial charge in [-0.25, -0.2) is 0 Å². The normalized spacial score (nSPS) is 0. The standard InChI is InChI=1S/4Na.H2O/h;;;;1H2/q4*+1;. The van der Waals surface area contributed by atoms with Gasteiger partial charge in [-0.2, -0.15) is 0 Å². The maximum Gasteiger partial charge on any atom is 1.00 e. The first-order valence-corrected chi connectivity index (χ1v) is 0. The van der Waals surface area contributed by atoms with Crippen LogP contribution in [0.4, 0.5) is 0 Å². The molecule has 1 nitrogen and oxygen atoms in total. The van der Waals surface area contributed by atoms with Gasteiger partial charge in [-0.15, -0.1) is 0 Å². The van der Waals surface area contributed by atoms with Crippen LogP contribution >= 0.6 is 0 Å². The summed E-state index contributed by atoms with van der Waals surface area (Å²) in [5.41, 5.74) is 0. The molecule has 8 valence electrons. The average molecular weight is 110 g/mol. The fraction of sp³-hybridized carbons (Fsp3) is 0. The zero-order chi connectivity index (χ0) is 0. The van der Waals surface area contributed by atoms with Gasteiger partial charge in [0.25, 0.3) is 0 Å². The molecule has 0 rings (SSSR count). The van der Waals surface area contributed by atoms with E-state index in [0.717, 1.165) is 0 Å². The smallest absolute Gasteiger partial charge is 0.412 e. The minimum absolute atomic E-state index is 0. The zero-order valence-corrected chi connectivity index (χ0v) is 12.5. The Bertz CT molecular complexity index is 3.61. The van der Waals surface area contributed by atoms with Crippen LogP contribution in [0, 0.1) is 0 Å². The van der Waals surface area contributed by atoms with Gasteiger partial charge in [0, 0.05) is 0 Å². The van der Waals surface area contributed by atoms with E-state index in [1.807, 2.05) is 0 Å². The van der Waals surface area contributed by atoms with Crippen LogP contribution in [0.2, 0.25) is 0 Å². The summed E-state index contributed by atoms with van der Waals surface area (Å²) in [6, 6.07) is 0. The van der Waals surface area contributed by atoms with Crippen LogP contribution in [-0.4, -0.2) is 5.48 Å². The van der Waals surface area contributed by atoms with Crippen LogP contribution in [-0.2, 0) is 0 Å². The maximum atomic E-state index is 0. The largest absolute Gasteiger partial charge is 1.00 e. The van der Waals surface area contributed by atoms with E-state index in [2.05, 4.69) is 0 Å². The molecule has 0 heterocycles. The molecule has 0 saturated heterocycles. The summed E-state index contributed by atoms with van der Waals surface area (Å²) in [6.45, 7) is 0. The van der Waals surface area contributed by atoms with Gasteiger partial charge in [0.1, 0.15) is 0 Å². The van der Waals surface area contributed by atoms with Crippen molar-refractivity contribution in [2.45, 2.75) is 0 Å². The summed E-state index contributed by atoms with van der Waals surface area (Å²) in [5.74, 6) is 0. The van der Waals surface area contributed by atoms with E-state index in [1.165, 1.54) is 0 Å². The van der Waals surface area contributed by atoms with Crippen molar-refractivity contribution in [3.05, 3.63) is 0 Å². The van der Waals surface area contributed by atoms with Gasteiger partial charge in [0.15, 0.2) is 0 Å². The van der Waals surface area contributed by atoms with Crippen molar-refractivity contribution >= 4 is 0 Å². The van der Waals surface area contributed by atoms with Gasteiger partial charge in [-0.1, -0.05) is 0 Å². The van der Waals surface area contributed by atoms with Crippen LogP contribution < -0.4 is 118 Å². The molecular formula is H2Na4O+4. The van der Waals surface area contributed by atoms with Gasteiger partial charge in [0.05, 0.1) is 0 Å². The number of hydrogen-bond donors (Lipinski definition) is 0. The summed E-state index contributed by atoms with van der Waals surface area (Å²) in [7, 11) is 0. The summed E-state index contributed by atoms with van der Waals surface area (Å²) < 4.78 is 0. The van der Waals surface area contributed by atoms with Crippen molar-refractivity contribution < 1.29 is 124 Å². The Morgan fingerprint density at radius 1 is 0.400 bits per heavy atom. The first kappa shape index (κ1) is 36.2. The van der Waals surface area contributed by atoms with Crippen molar-refractivity contribution in [1.82, 2.24) is 0 Å². The molecule has 5 heavy (non-hydrogen) atoms. The Balaban J connectivity index is 0. The van der Waals surface area contributed by atoms with E-state index in [4.69, 9.17) is 0 Å². The van der Waals surface area contributed by atoms with Gasteiger partial charge < -0.3 is 5.48 Å². The molecule has 2 N–H and O–H groups in total. The molecular weight excluding hydrogens is 108 g/mol. The Kier molecular flexibility index (Phi) is 178. The predicted octanol–water partition coefficient (Wildman–Crippen LogP) is -12.8. The minimum Gasteiger partial charge on any atom is -0.412 e. The molecule has 0 aromatic heterocycles. The van der Waals surface area contributed by atoms with Gasteiger partial charge in [0.2, 0.25) is 0 Å². The van der Waals surface area contributed by atoms with Crippen molar-refractivity contribution in [2.24, 2.45) is 0 Å². The second-order valence-electron chi connectivity index (χ2n) is 0. The van der Waals surface area contributed by atoms with E-state index in [1.54, 1.807) is 0 Å². The second kappa shape index (κ2) is 24.6. The Hall–Kier alpha value is 3.96. The second-order valence-corrected chi connectivity index (χ2v) is 0. The molecule has 0 spiro atoms. The molecule has 0 bridgehead atoms. The molecule has 0 saturated carbocycles. The summed E-state index contributed by atoms with van der Waals surface area (Å²) in [4.78, 5) is 0. The molecule has 0 aliphatic rings. The Morgan fingerprint density at radius 2 is 0.400 bits per heavy atom. The van der Waals surface area contributed by atoms with Crippen LogP contribution in [0.15, 0.2) is 0 Å². The summed E-state index contributed by atoms with van der Waals surface area (Å²) in [5, 5.41) is 0. The van der Waals surface area contributed by atoms with Crippen molar-refractivity contribution in [1.29, 1.82) is 0 Å². The van der Waals surface area contributed by atoms with Crippen molar-refractivity contribution in [2.75, 3.05) is 0 Å². The first-order chi connectivity index (χ1) is 0. The van der Waals surface area contributed by atoms with E-state index in [0.29, 0.717) is 0 Å². The number of rotatable bonds is 0. The third-order valence-electron chi connectivity index (χ3n) is 0. The predicted molar refractivity (Wildman–Crippen MR) is 3.61 cm³/mol. The third-order valence-corrected chi connectivity index (χ3v) is 0. The molecule has 0 aromatic rings. The third kappa shape index (κ3) is 18.0. The molecule has 0 radical (unpaired) electrons. The molecule has 0 unspecified atom stereocenters. The molecule has 5 heteroatoms. The monoisotopic (exact) mass is 110 g/mol. The molecule has 0 atom stereocenters. The zero-order valence-electron chi connectivity index (χ0n) is 4.50. The van der Waals surface area contributed by atoms with Gasteiger partial charge >= 0.3 is 118 Å². The van der Waals surface area contributed by atoms with Gasteiger partial charge in [-0.05, 0) is 0 Å². The fourth-order valence-corrected chi connectivity index (χ4v) is 0. The van der Waals surface area contributed by atoms with Crippen molar-refractivity contribution in [3.63, 3.8) is 0 Å². The number of hydrogen-bond acceptors (Lipinski definition) is 0. The average Bonchev–Trinajstić information content (AvgIpc) is 0. The minimum atomic E-state index is 0. The molecule has 0 amide bonds. The molecule has 0 aliphatic carbocycles. The molecule has 0 aliphatic heterocycles. The van der Waals surface area contributed by atoms with E-state index in [-0.39, 0.29) is 124 Å². The summed E-state index contributed by atoms with van der Waals surface area (Å²) >= 11 is 0. The summed E-state index contributed by atoms with van der Waals surface area (Å²) in [6.07, 6.45) is 0. The van der Waals surface area contributed by atoms with E-state index < -0.39 is 0 Å². The Labute approximate surface area is 121 Å². The fourth-order valence-electron chi connectivity index (χ4n) is 0. The molecule has 0 aromatic carbocycles. The van der Waals surface area contributed by atoms with Crippen LogP contribution in [0.1, 0.15) is 0 Å². The topological polar surface area (TPSA) is 31.5 Å². The molecule has 0 fully saturated rings. The van der Waals surface area contributed by atoms with E-state index >= 15 is 0 Å².